The molecule has 0 radical (unpaired) electrons. The van der Waals surface area contributed by atoms with Crippen LogP contribution >= 0.6 is 0 Å². The maximum absolute atomic E-state index is 13.0. The van der Waals surface area contributed by atoms with E-state index in [0.29, 0.717) is 16.8 Å². The molecule has 0 saturated carbocycles. The van der Waals surface area contributed by atoms with Gasteiger partial charge in [0, 0.05) is 18.3 Å². The Morgan fingerprint density at radius 2 is 1.56 bits per heavy atom. The van der Waals surface area contributed by atoms with Crippen LogP contribution in [0.4, 0.5) is 5.69 Å². The van der Waals surface area contributed by atoms with Crippen molar-refractivity contribution in [2.75, 3.05) is 18.1 Å². The highest BCUT2D eigenvalue weighted by Gasteiger charge is 2.20. The van der Waals surface area contributed by atoms with Gasteiger partial charge in [0.1, 0.15) is 0 Å². The molecular weight excluding hydrogens is 448 g/mol. The van der Waals surface area contributed by atoms with E-state index in [2.05, 4.69) is 5.32 Å². The van der Waals surface area contributed by atoms with Gasteiger partial charge in [-0.3, -0.25) is 9.59 Å². The highest BCUT2D eigenvalue weighted by molar-refractivity contribution is 7.91. The Hall–Kier alpha value is -3.45. The lowest BCUT2D eigenvalue weighted by atomic mass is 10.0. The maximum atomic E-state index is 13.0. The van der Waals surface area contributed by atoms with E-state index in [-0.39, 0.29) is 34.9 Å². The quantitative estimate of drug-likeness (QED) is 0.504. The first-order valence-electron chi connectivity index (χ1n) is 11.2. The van der Waals surface area contributed by atoms with Crippen LogP contribution < -0.4 is 5.32 Å². The zero-order chi connectivity index (χ0) is 24.9. The van der Waals surface area contributed by atoms with Crippen LogP contribution in [0.2, 0.25) is 0 Å². The molecule has 7 heteroatoms. The lowest BCUT2D eigenvalue weighted by molar-refractivity contribution is -0.115. The van der Waals surface area contributed by atoms with E-state index in [0.717, 1.165) is 11.1 Å². The van der Waals surface area contributed by atoms with Crippen molar-refractivity contribution in [3.05, 3.63) is 95.1 Å². The molecule has 34 heavy (non-hydrogen) atoms. The lowest BCUT2D eigenvalue weighted by Gasteiger charge is -2.26. The van der Waals surface area contributed by atoms with E-state index in [1.807, 2.05) is 38.1 Å². The van der Waals surface area contributed by atoms with Crippen LogP contribution in [0.15, 0.2) is 77.7 Å². The molecule has 0 aliphatic heterocycles. The van der Waals surface area contributed by atoms with Crippen molar-refractivity contribution in [3.63, 3.8) is 0 Å². The predicted molar refractivity (Wildman–Crippen MR) is 135 cm³/mol. The SMILES string of the molecule is CCS(=O)(=O)c1ccc(CC(=O)Nc2ccc(C(=O)N(C)[C@H](C)c3ccccc3C)cc2)cc1. The molecule has 0 fully saturated rings. The number of hydrogen-bond donors (Lipinski definition) is 1. The van der Waals surface area contributed by atoms with Crippen molar-refractivity contribution in [3.8, 4) is 0 Å². The Kier molecular flexibility index (Phi) is 7.89. The summed E-state index contributed by atoms with van der Waals surface area (Å²) in [7, 11) is -1.48. The van der Waals surface area contributed by atoms with Gasteiger partial charge in [-0.15, -0.1) is 0 Å². The number of nitrogens with one attached hydrogen (secondary N) is 1. The molecule has 0 aromatic heterocycles. The Bertz CT molecular complexity index is 1270. The third kappa shape index (κ3) is 5.91. The van der Waals surface area contributed by atoms with E-state index in [9.17, 15) is 18.0 Å². The molecule has 3 aromatic rings. The average molecular weight is 479 g/mol. The van der Waals surface area contributed by atoms with Crippen LogP contribution in [0.3, 0.4) is 0 Å². The summed E-state index contributed by atoms with van der Waals surface area (Å²) in [5, 5.41) is 2.82. The Morgan fingerprint density at radius 1 is 0.941 bits per heavy atom. The normalized spacial score (nSPS) is 12.1. The molecule has 0 unspecified atom stereocenters. The average Bonchev–Trinajstić information content (AvgIpc) is 2.83. The Balaban J connectivity index is 1.61. The Morgan fingerprint density at radius 3 is 2.15 bits per heavy atom. The molecule has 2 amide bonds. The standard InChI is InChI=1S/C27H30N2O4S/c1-5-34(32,33)24-16-10-21(11-17-24)18-26(30)28-23-14-12-22(13-15-23)27(31)29(4)20(3)25-9-7-6-8-19(25)2/h6-17,20H,5,18H2,1-4H3,(H,28,30)/t20-/m1/s1. The first kappa shape index (κ1) is 25.2. The monoisotopic (exact) mass is 478 g/mol. The molecule has 1 N–H and O–H groups in total. The maximum Gasteiger partial charge on any atom is 0.254 e. The van der Waals surface area contributed by atoms with Gasteiger partial charge in [0.05, 0.1) is 23.1 Å². The topological polar surface area (TPSA) is 83.5 Å². The summed E-state index contributed by atoms with van der Waals surface area (Å²) in [6, 6.07) is 21.1. The minimum atomic E-state index is -3.26. The van der Waals surface area contributed by atoms with Crippen molar-refractivity contribution in [2.24, 2.45) is 0 Å². The Labute approximate surface area is 201 Å². The zero-order valence-electron chi connectivity index (χ0n) is 19.9. The van der Waals surface area contributed by atoms with Gasteiger partial charge in [-0.05, 0) is 66.9 Å². The molecule has 6 nitrogen and oxygen atoms in total. The van der Waals surface area contributed by atoms with Crippen LogP contribution in [-0.2, 0) is 21.1 Å². The number of carbonyl (C=O) groups excluding carboxylic acids is 2. The van der Waals surface area contributed by atoms with Crippen LogP contribution in [0.25, 0.3) is 0 Å². The molecule has 0 bridgehead atoms. The second kappa shape index (κ2) is 10.7. The van der Waals surface area contributed by atoms with Gasteiger partial charge < -0.3 is 10.2 Å². The number of sulfone groups is 1. The molecule has 3 aromatic carbocycles. The third-order valence-electron chi connectivity index (χ3n) is 5.98. The van der Waals surface area contributed by atoms with Gasteiger partial charge in [0.25, 0.3) is 5.91 Å². The molecule has 0 spiro atoms. The predicted octanol–water partition coefficient (Wildman–Crippen LogP) is 4.80. The number of hydrogen-bond acceptors (Lipinski definition) is 4. The number of amides is 2. The second-order valence-electron chi connectivity index (χ2n) is 8.30. The number of nitrogens with zero attached hydrogens (tertiary/aromatic N) is 1. The smallest absolute Gasteiger partial charge is 0.254 e. The minimum Gasteiger partial charge on any atom is -0.335 e. The highest BCUT2D eigenvalue weighted by Crippen LogP contribution is 2.24. The molecule has 0 saturated heterocycles. The number of aryl methyl sites for hydroxylation is 1. The van der Waals surface area contributed by atoms with Gasteiger partial charge in [-0.1, -0.05) is 43.3 Å². The molecule has 3 rings (SSSR count). The summed E-state index contributed by atoms with van der Waals surface area (Å²) in [6.07, 6.45) is 0.115. The zero-order valence-corrected chi connectivity index (χ0v) is 20.7. The molecule has 178 valence electrons. The van der Waals surface area contributed by atoms with E-state index in [1.165, 1.54) is 12.1 Å². The fourth-order valence-corrected chi connectivity index (χ4v) is 4.60. The van der Waals surface area contributed by atoms with E-state index in [1.54, 1.807) is 55.3 Å². The summed E-state index contributed by atoms with van der Waals surface area (Å²) < 4.78 is 23.8. The summed E-state index contributed by atoms with van der Waals surface area (Å²) in [6.45, 7) is 5.63. The second-order valence-corrected chi connectivity index (χ2v) is 10.6. The van der Waals surface area contributed by atoms with Gasteiger partial charge in [0.15, 0.2) is 9.84 Å². The van der Waals surface area contributed by atoms with Crippen LogP contribution in [-0.4, -0.2) is 37.9 Å². The summed E-state index contributed by atoms with van der Waals surface area (Å²) in [5.74, 6) is -0.294. The largest absolute Gasteiger partial charge is 0.335 e. The minimum absolute atomic E-state index is 0.0337. The van der Waals surface area contributed by atoms with Gasteiger partial charge >= 0.3 is 0 Å². The van der Waals surface area contributed by atoms with Gasteiger partial charge in [-0.2, -0.15) is 0 Å². The van der Waals surface area contributed by atoms with Crippen molar-refractivity contribution < 1.29 is 18.0 Å². The van der Waals surface area contributed by atoms with Crippen LogP contribution in [0.5, 0.6) is 0 Å². The number of anilines is 1. The van der Waals surface area contributed by atoms with Crippen molar-refractivity contribution in [1.82, 2.24) is 4.90 Å². The number of rotatable bonds is 8. The fourth-order valence-electron chi connectivity index (χ4n) is 3.71. The summed E-state index contributed by atoms with van der Waals surface area (Å²) in [5.41, 5.74) is 4.07. The van der Waals surface area contributed by atoms with E-state index >= 15 is 0 Å². The van der Waals surface area contributed by atoms with Crippen molar-refractivity contribution >= 4 is 27.3 Å². The lowest BCUT2D eigenvalue weighted by Crippen LogP contribution is -2.30. The molecular formula is C27H30N2O4S. The van der Waals surface area contributed by atoms with Gasteiger partial charge in [0.2, 0.25) is 5.91 Å². The fraction of sp³-hybridized carbons (Fsp3) is 0.259. The van der Waals surface area contributed by atoms with E-state index in [4.69, 9.17) is 0 Å². The number of benzene rings is 3. The first-order chi connectivity index (χ1) is 16.1. The number of carbonyl (C=O) groups is 2. The molecule has 0 aliphatic rings. The highest BCUT2D eigenvalue weighted by atomic mass is 32.2. The molecule has 1 atom stereocenters. The third-order valence-corrected chi connectivity index (χ3v) is 7.73. The van der Waals surface area contributed by atoms with Gasteiger partial charge in [-0.25, -0.2) is 8.42 Å². The van der Waals surface area contributed by atoms with Crippen LogP contribution in [0, 0.1) is 6.92 Å². The molecule has 0 heterocycles. The first-order valence-corrected chi connectivity index (χ1v) is 12.8. The molecule has 0 aliphatic carbocycles. The summed E-state index contributed by atoms with van der Waals surface area (Å²) in [4.78, 5) is 27.3. The van der Waals surface area contributed by atoms with E-state index < -0.39 is 9.84 Å². The van der Waals surface area contributed by atoms with Crippen molar-refractivity contribution in [1.29, 1.82) is 0 Å². The van der Waals surface area contributed by atoms with Crippen LogP contribution in [0.1, 0.15) is 46.9 Å². The summed E-state index contributed by atoms with van der Waals surface area (Å²) >= 11 is 0. The van der Waals surface area contributed by atoms with Crippen molar-refractivity contribution in [2.45, 2.75) is 38.1 Å².